The molecule has 3 aromatic heterocycles. The molecule has 0 fully saturated rings. The Morgan fingerprint density at radius 2 is 1.68 bits per heavy atom. The summed E-state index contributed by atoms with van der Waals surface area (Å²) in [5.74, 6) is 0.768. The van der Waals surface area contributed by atoms with Gasteiger partial charge in [0.2, 0.25) is 0 Å². The minimum atomic E-state index is -4.45. The lowest BCUT2D eigenvalue weighted by Crippen LogP contribution is -2.25. The first kappa shape index (κ1) is 38.0. The average molecular weight is 637 g/mol. The second-order valence-corrected chi connectivity index (χ2v) is 9.83. The van der Waals surface area contributed by atoms with Gasteiger partial charge < -0.3 is 21.5 Å². The van der Waals surface area contributed by atoms with Crippen molar-refractivity contribution in [3.8, 4) is 17.0 Å². The average Bonchev–Trinajstić information content (AvgIpc) is 3.39. The highest BCUT2D eigenvalue weighted by Gasteiger charge is 2.31. The SMILES string of the molecule is CC.CC(C)(C)n1nc(-c2ccc(CC(F)(F)F)c(OCc3ccc(Cl)cn3)c2)c(C=O)c1Nc1cnccn1.CN.CN. The van der Waals surface area contributed by atoms with Gasteiger partial charge in [-0.3, -0.25) is 14.8 Å². The van der Waals surface area contributed by atoms with Gasteiger partial charge in [-0.15, -0.1) is 0 Å². The molecule has 0 aliphatic heterocycles. The Balaban J connectivity index is 0.00000152. The van der Waals surface area contributed by atoms with Crippen molar-refractivity contribution in [1.29, 1.82) is 0 Å². The van der Waals surface area contributed by atoms with E-state index in [0.717, 1.165) is 0 Å². The van der Waals surface area contributed by atoms with Crippen LogP contribution in [-0.4, -0.2) is 51.3 Å². The van der Waals surface area contributed by atoms with Crippen LogP contribution in [0.2, 0.25) is 5.02 Å². The number of nitrogens with two attached hydrogens (primary N) is 2. The number of aldehydes is 1. The third kappa shape index (κ3) is 10.9. The van der Waals surface area contributed by atoms with Crippen molar-refractivity contribution >= 4 is 29.5 Å². The number of aromatic nitrogens is 5. The van der Waals surface area contributed by atoms with Gasteiger partial charge >= 0.3 is 6.18 Å². The lowest BCUT2D eigenvalue weighted by Gasteiger charge is -2.22. The first-order valence-corrected chi connectivity index (χ1v) is 14.0. The minimum Gasteiger partial charge on any atom is -0.487 e. The summed E-state index contributed by atoms with van der Waals surface area (Å²) in [4.78, 5) is 24.7. The predicted molar refractivity (Wildman–Crippen MR) is 168 cm³/mol. The number of carbonyl (C=O) groups is 1. The summed E-state index contributed by atoms with van der Waals surface area (Å²) in [6.45, 7) is 9.63. The van der Waals surface area contributed by atoms with Gasteiger partial charge in [-0.25, -0.2) is 9.67 Å². The molecule has 0 atom stereocenters. The third-order valence-electron chi connectivity index (χ3n) is 5.38. The van der Waals surface area contributed by atoms with Crippen molar-refractivity contribution in [1.82, 2.24) is 24.7 Å². The van der Waals surface area contributed by atoms with Gasteiger partial charge in [0.15, 0.2) is 6.29 Å². The molecule has 4 aromatic rings. The standard InChI is InChI=1S/C26H24ClF3N6O2.C2H6.2CH5N/c1-25(2,3)36-24(34-22-13-31-8-9-32-22)20(14-37)23(35-36)16-4-5-17(11-26(28,29)30)21(10-16)38-15-19-7-6-18(27)12-33-19;3*1-2/h4-10,12-14H,11,15H2,1-3H3,(H,32,34);1-2H3;2*2H2,1H3. The van der Waals surface area contributed by atoms with E-state index in [1.807, 2.05) is 34.6 Å². The van der Waals surface area contributed by atoms with E-state index in [2.05, 4.69) is 36.8 Å². The Labute approximate surface area is 261 Å². The second kappa shape index (κ2) is 17.9. The smallest absolute Gasteiger partial charge is 0.393 e. The second-order valence-electron chi connectivity index (χ2n) is 9.40. The molecule has 14 heteroatoms. The molecule has 0 spiro atoms. The van der Waals surface area contributed by atoms with Gasteiger partial charge in [0.25, 0.3) is 0 Å². The number of rotatable bonds is 8. The summed E-state index contributed by atoms with van der Waals surface area (Å²) in [6.07, 6.45) is 0.944. The van der Waals surface area contributed by atoms with E-state index in [0.29, 0.717) is 34.2 Å². The number of carbonyl (C=O) groups excluding carboxylic acids is 1. The van der Waals surface area contributed by atoms with Crippen LogP contribution >= 0.6 is 11.6 Å². The van der Waals surface area contributed by atoms with Crippen LogP contribution in [0.1, 0.15) is 56.2 Å². The summed E-state index contributed by atoms with van der Waals surface area (Å²) < 4.78 is 47.3. The summed E-state index contributed by atoms with van der Waals surface area (Å²) in [7, 11) is 3.00. The van der Waals surface area contributed by atoms with Gasteiger partial charge in [-0.1, -0.05) is 37.6 Å². The van der Waals surface area contributed by atoms with Gasteiger partial charge in [0, 0.05) is 29.7 Å². The molecule has 0 saturated heterocycles. The van der Waals surface area contributed by atoms with Crippen molar-refractivity contribution in [2.24, 2.45) is 11.5 Å². The molecule has 1 aromatic carbocycles. The number of hydrogen-bond acceptors (Lipinski definition) is 9. The van der Waals surface area contributed by atoms with Gasteiger partial charge in [-0.05, 0) is 53.1 Å². The molecule has 0 radical (unpaired) electrons. The maximum atomic E-state index is 13.3. The molecule has 0 aliphatic carbocycles. The molecule has 44 heavy (non-hydrogen) atoms. The van der Waals surface area contributed by atoms with Crippen LogP contribution in [0, 0.1) is 0 Å². The van der Waals surface area contributed by atoms with Crippen molar-refractivity contribution in [3.63, 3.8) is 0 Å². The fourth-order valence-corrected chi connectivity index (χ4v) is 3.80. The van der Waals surface area contributed by atoms with Crippen LogP contribution < -0.4 is 21.5 Å². The van der Waals surface area contributed by atoms with Crippen LogP contribution in [0.5, 0.6) is 5.75 Å². The number of benzene rings is 1. The number of alkyl halides is 3. The molecule has 0 aliphatic rings. The molecule has 10 nitrogen and oxygen atoms in total. The summed E-state index contributed by atoms with van der Waals surface area (Å²) >= 11 is 5.86. The molecule has 0 unspecified atom stereocenters. The number of anilines is 2. The molecule has 240 valence electrons. The quantitative estimate of drug-likeness (QED) is 0.183. The fourth-order valence-electron chi connectivity index (χ4n) is 3.69. The lowest BCUT2D eigenvalue weighted by atomic mass is 10.0. The number of nitrogens with one attached hydrogen (secondary N) is 1. The zero-order valence-electron chi connectivity index (χ0n) is 25.9. The predicted octanol–water partition coefficient (Wildman–Crippen LogP) is 6.56. The van der Waals surface area contributed by atoms with Crippen molar-refractivity contribution in [3.05, 3.63) is 77.0 Å². The largest absolute Gasteiger partial charge is 0.487 e. The van der Waals surface area contributed by atoms with E-state index in [-0.39, 0.29) is 29.2 Å². The van der Waals surface area contributed by atoms with E-state index in [1.165, 1.54) is 57.1 Å². The molecule has 5 N–H and O–H groups in total. The molecular weight excluding hydrogens is 597 g/mol. The Bertz CT molecular complexity index is 1430. The zero-order chi connectivity index (χ0) is 33.5. The number of halogens is 4. The zero-order valence-corrected chi connectivity index (χ0v) is 26.7. The van der Waals surface area contributed by atoms with Crippen molar-refractivity contribution in [2.75, 3.05) is 19.4 Å². The van der Waals surface area contributed by atoms with E-state index in [9.17, 15) is 18.0 Å². The minimum absolute atomic E-state index is 0.00201. The summed E-state index contributed by atoms with van der Waals surface area (Å²) in [5.41, 5.74) is 9.75. The number of hydrogen-bond donors (Lipinski definition) is 3. The van der Waals surface area contributed by atoms with E-state index in [1.54, 1.807) is 16.8 Å². The first-order chi connectivity index (χ1) is 20.9. The maximum Gasteiger partial charge on any atom is 0.393 e. The van der Waals surface area contributed by atoms with E-state index < -0.39 is 18.1 Å². The van der Waals surface area contributed by atoms with Crippen molar-refractivity contribution < 1.29 is 22.7 Å². The van der Waals surface area contributed by atoms with E-state index in [4.69, 9.17) is 16.3 Å². The highest BCUT2D eigenvalue weighted by Crippen LogP contribution is 2.37. The highest BCUT2D eigenvalue weighted by molar-refractivity contribution is 6.30. The summed E-state index contributed by atoms with van der Waals surface area (Å²) in [6, 6.07) is 7.50. The van der Waals surface area contributed by atoms with Gasteiger partial charge in [0.1, 0.15) is 29.7 Å². The topological polar surface area (TPSA) is 147 Å². The Morgan fingerprint density at radius 3 is 2.20 bits per heavy atom. The monoisotopic (exact) mass is 636 g/mol. The Hall–Kier alpha value is -4.07. The first-order valence-electron chi connectivity index (χ1n) is 13.6. The van der Waals surface area contributed by atoms with Crippen LogP contribution in [0.25, 0.3) is 11.3 Å². The van der Waals surface area contributed by atoms with Crippen LogP contribution in [0.4, 0.5) is 24.8 Å². The van der Waals surface area contributed by atoms with Crippen LogP contribution in [0.15, 0.2) is 55.1 Å². The number of pyridine rings is 1. The Morgan fingerprint density at radius 1 is 1.00 bits per heavy atom. The lowest BCUT2D eigenvalue weighted by molar-refractivity contribution is -0.127. The summed E-state index contributed by atoms with van der Waals surface area (Å²) in [5, 5.41) is 8.18. The maximum absolute atomic E-state index is 13.3. The molecule has 0 saturated carbocycles. The van der Waals surface area contributed by atoms with Crippen LogP contribution in [0.3, 0.4) is 0 Å². The molecule has 3 heterocycles. The fraction of sp³-hybridized carbons (Fsp3) is 0.367. The highest BCUT2D eigenvalue weighted by atomic mass is 35.5. The molecular formula is C30H40ClF3N8O2. The molecule has 0 bridgehead atoms. The van der Waals surface area contributed by atoms with Gasteiger partial charge in [-0.2, -0.15) is 18.3 Å². The molecule has 0 amide bonds. The molecule has 4 rings (SSSR count). The Kier molecular flexibility index (Phi) is 15.4. The third-order valence-corrected chi connectivity index (χ3v) is 5.60. The van der Waals surface area contributed by atoms with Gasteiger partial charge in [0.05, 0.1) is 34.4 Å². The van der Waals surface area contributed by atoms with Crippen LogP contribution in [-0.2, 0) is 18.6 Å². The normalized spacial score (nSPS) is 10.7. The number of ether oxygens (including phenoxy) is 1. The van der Waals surface area contributed by atoms with E-state index >= 15 is 0 Å². The van der Waals surface area contributed by atoms with Crippen molar-refractivity contribution in [2.45, 2.75) is 59.4 Å². The number of nitrogens with zero attached hydrogens (tertiary/aromatic N) is 5.